The number of phenols is 1. The van der Waals surface area contributed by atoms with Gasteiger partial charge in [0.2, 0.25) is 0 Å². The standard InChI is InChI=1S/C25H22I2N2O6S/c1-5-35-24(32)20-12(2)28-25-29(21(20)13-6-7-17(33-3)18(9-13)34-4)23(31)19(36-25)10-14-8-15(26)11-16(27)22(14)30/h6-11,21,30H,5H2,1-4H3/b19-10-/t21-/m0/s1. The van der Waals surface area contributed by atoms with Gasteiger partial charge in [0.15, 0.2) is 16.3 Å². The lowest BCUT2D eigenvalue weighted by molar-refractivity contribution is -0.139. The van der Waals surface area contributed by atoms with Crippen LogP contribution in [0.25, 0.3) is 6.08 Å². The number of benzene rings is 2. The first-order chi connectivity index (χ1) is 17.2. The third-order valence-corrected chi connectivity index (χ3v) is 8.01. The Morgan fingerprint density at radius 3 is 2.58 bits per heavy atom. The third-order valence-electron chi connectivity index (χ3n) is 5.58. The van der Waals surface area contributed by atoms with Crippen molar-refractivity contribution in [2.75, 3.05) is 20.8 Å². The Hall–Kier alpha value is -2.39. The highest BCUT2D eigenvalue weighted by Crippen LogP contribution is 2.36. The normalized spacial score (nSPS) is 15.4. The van der Waals surface area contributed by atoms with Gasteiger partial charge >= 0.3 is 5.97 Å². The van der Waals surface area contributed by atoms with E-state index in [1.54, 1.807) is 44.2 Å². The van der Waals surface area contributed by atoms with Crippen LogP contribution in [0.1, 0.15) is 31.0 Å². The maximum atomic E-state index is 13.8. The molecule has 0 amide bonds. The van der Waals surface area contributed by atoms with Crippen LogP contribution < -0.4 is 24.4 Å². The summed E-state index contributed by atoms with van der Waals surface area (Å²) in [5.41, 5.74) is 1.58. The Kier molecular flexibility index (Phi) is 8.09. The maximum Gasteiger partial charge on any atom is 0.338 e. The molecule has 1 aliphatic rings. The summed E-state index contributed by atoms with van der Waals surface area (Å²) in [5, 5.41) is 10.6. The summed E-state index contributed by atoms with van der Waals surface area (Å²) in [4.78, 5) is 31.8. The highest BCUT2D eigenvalue weighted by molar-refractivity contribution is 14.1. The van der Waals surface area contributed by atoms with E-state index in [2.05, 4.69) is 50.2 Å². The first-order valence-electron chi connectivity index (χ1n) is 10.8. The second-order valence-corrected chi connectivity index (χ2v) is 11.2. The van der Waals surface area contributed by atoms with Crippen LogP contribution in [0.2, 0.25) is 0 Å². The predicted octanol–water partition coefficient (Wildman–Crippen LogP) is 3.73. The number of carbonyl (C=O) groups excluding carboxylic acids is 1. The first-order valence-corrected chi connectivity index (χ1v) is 13.8. The number of methoxy groups -OCH3 is 2. The second kappa shape index (κ2) is 10.9. The average molecular weight is 732 g/mol. The number of phenolic OH excluding ortho intramolecular Hbond substituents is 1. The first kappa shape index (κ1) is 26.7. The monoisotopic (exact) mass is 732 g/mol. The quantitative estimate of drug-likeness (QED) is 0.307. The van der Waals surface area contributed by atoms with Crippen molar-refractivity contribution in [1.82, 2.24) is 4.57 Å². The summed E-state index contributed by atoms with van der Waals surface area (Å²) < 4.78 is 19.7. The second-order valence-electron chi connectivity index (χ2n) is 7.74. The van der Waals surface area contributed by atoms with Crippen molar-refractivity contribution in [3.8, 4) is 17.2 Å². The molecule has 0 radical (unpaired) electrons. The van der Waals surface area contributed by atoms with Crippen molar-refractivity contribution in [3.05, 3.63) is 79.6 Å². The zero-order valence-corrected chi connectivity index (χ0v) is 24.9. The molecule has 0 aliphatic carbocycles. The molecular weight excluding hydrogens is 710 g/mol. The molecule has 1 N–H and O–H groups in total. The molecule has 3 aromatic rings. The lowest BCUT2D eigenvalue weighted by Gasteiger charge is -2.25. The number of fused-ring (bicyclic) bond motifs is 1. The number of esters is 1. The van der Waals surface area contributed by atoms with Crippen molar-refractivity contribution < 1.29 is 24.1 Å². The molecule has 4 rings (SSSR count). The van der Waals surface area contributed by atoms with Gasteiger partial charge in [-0.3, -0.25) is 9.36 Å². The van der Waals surface area contributed by atoms with E-state index >= 15 is 0 Å². The fraction of sp³-hybridized carbons (Fsp3) is 0.240. The fourth-order valence-corrected chi connectivity index (χ4v) is 6.89. The number of hydrogen-bond acceptors (Lipinski definition) is 8. The molecule has 0 saturated carbocycles. The van der Waals surface area contributed by atoms with E-state index in [0.717, 1.165) is 3.57 Å². The Morgan fingerprint density at radius 2 is 1.92 bits per heavy atom. The molecule has 0 bridgehead atoms. The van der Waals surface area contributed by atoms with Crippen LogP contribution >= 0.6 is 56.5 Å². The zero-order valence-electron chi connectivity index (χ0n) is 19.8. The minimum Gasteiger partial charge on any atom is -0.506 e. The number of rotatable bonds is 6. The van der Waals surface area contributed by atoms with Gasteiger partial charge in [-0.15, -0.1) is 0 Å². The molecule has 2 heterocycles. The molecule has 0 fully saturated rings. The van der Waals surface area contributed by atoms with E-state index in [4.69, 9.17) is 14.2 Å². The number of aromatic nitrogens is 1. The Bertz CT molecular complexity index is 1570. The molecule has 0 spiro atoms. The SMILES string of the molecule is CCOC(=O)C1=C(C)N=c2s/c(=C\c3cc(I)cc(I)c3O)c(=O)n2[C@H]1c1ccc(OC)c(OC)c1. The molecule has 8 nitrogen and oxygen atoms in total. The number of carbonyl (C=O) groups is 1. The molecule has 0 unspecified atom stereocenters. The van der Waals surface area contributed by atoms with Gasteiger partial charge in [-0.05, 0) is 94.9 Å². The molecule has 0 saturated heterocycles. The summed E-state index contributed by atoms with van der Waals surface area (Å²) in [6.07, 6.45) is 1.65. The Balaban J connectivity index is 2.00. The number of allylic oxidation sites excluding steroid dienone is 1. The van der Waals surface area contributed by atoms with Gasteiger partial charge in [0.05, 0.1) is 46.2 Å². The van der Waals surface area contributed by atoms with Gasteiger partial charge in [0.25, 0.3) is 5.56 Å². The van der Waals surface area contributed by atoms with Gasteiger partial charge in [0, 0.05) is 9.13 Å². The largest absolute Gasteiger partial charge is 0.506 e. The Morgan fingerprint density at radius 1 is 1.19 bits per heavy atom. The molecule has 36 heavy (non-hydrogen) atoms. The van der Waals surface area contributed by atoms with Gasteiger partial charge in [-0.2, -0.15) is 0 Å². The molecule has 1 aromatic heterocycles. The number of aromatic hydroxyl groups is 1. The van der Waals surface area contributed by atoms with E-state index in [1.165, 1.54) is 30.1 Å². The van der Waals surface area contributed by atoms with Crippen LogP contribution in [0.4, 0.5) is 0 Å². The van der Waals surface area contributed by atoms with Crippen molar-refractivity contribution in [2.24, 2.45) is 4.99 Å². The van der Waals surface area contributed by atoms with Crippen LogP contribution in [0.15, 0.2) is 51.4 Å². The summed E-state index contributed by atoms with van der Waals surface area (Å²) in [6, 6.07) is 8.13. The highest BCUT2D eigenvalue weighted by Gasteiger charge is 2.34. The van der Waals surface area contributed by atoms with Crippen LogP contribution in [0, 0.1) is 7.14 Å². The highest BCUT2D eigenvalue weighted by atomic mass is 127. The van der Waals surface area contributed by atoms with Gasteiger partial charge in [-0.1, -0.05) is 17.4 Å². The number of halogens is 2. The number of nitrogens with zero attached hydrogens (tertiary/aromatic N) is 2. The molecule has 2 aromatic carbocycles. The van der Waals surface area contributed by atoms with Crippen LogP contribution in [-0.2, 0) is 9.53 Å². The van der Waals surface area contributed by atoms with E-state index in [0.29, 0.717) is 41.2 Å². The smallest absolute Gasteiger partial charge is 0.338 e. The summed E-state index contributed by atoms with van der Waals surface area (Å²) in [7, 11) is 3.06. The fourth-order valence-electron chi connectivity index (χ4n) is 3.97. The summed E-state index contributed by atoms with van der Waals surface area (Å²) >= 11 is 5.41. The third kappa shape index (κ3) is 4.92. The van der Waals surface area contributed by atoms with E-state index in [9.17, 15) is 14.7 Å². The minimum absolute atomic E-state index is 0.0988. The van der Waals surface area contributed by atoms with E-state index < -0.39 is 12.0 Å². The molecule has 11 heteroatoms. The van der Waals surface area contributed by atoms with Crippen LogP contribution in [0.3, 0.4) is 0 Å². The van der Waals surface area contributed by atoms with Gasteiger partial charge in [-0.25, -0.2) is 9.79 Å². The maximum absolute atomic E-state index is 13.8. The molecular formula is C25H22I2N2O6S. The predicted molar refractivity (Wildman–Crippen MR) is 153 cm³/mol. The number of hydrogen-bond donors (Lipinski definition) is 1. The van der Waals surface area contributed by atoms with Crippen LogP contribution in [0.5, 0.6) is 17.2 Å². The zero-order chi connectivity index (χ0) is 26.1. The van der Waals surface area contributed by atoms with Crippen molar-refractivity contribution in [2.45, 2.75) is 19.9 Å². The van der Waals surface area contributed by atoms with Crippen molar-refractivity contribution in [3.63, 3.8) is 0 Å². The number of ether oxygens (including phenoxy) is 3. The summed E-state index contributed by atoms with van der Waals surface area (Å²) in [5.74, 6) is 0.545. The Labute approximate surface area is 238 Å². The number of thiazole rings is 1. The van der Waals surface area contributed by atoms with E-state index in [-0.39, 0.29) is 23.5 Å². The van der Waals surface area contributed by atoms with Crippen molar-refractivity contribution in [1.29, 1.82) is 0 Å². The topological polar surface area (TPSA) is 99.4 Å². The molecule has 1 atom stereocenters. The summed E-state index contributed by atoms with van der Waals surface area (Å²) in [6.45, 7) is 3.64. The lowest BCUT2D eigenvalue weighted by Crippen LogP contribution is -2.40. The molecule has 188 valence electrons. The van der Waals surface area contributed by atoms with Gasteiger partial charge in [0.1, 0.15) is 5.75 Å². The minimum atomic E-state index is -0.785. The van der Waals surface area contributed by atoms with Gasteiger partial charge < -0.3 is 19.3 Å². The van der Waals surface area contributed by atoms with Crippen molar-refractivity contribution >= 4 is 68.6 Å². The lowest BCUT2D eigenvalue weighted by atomic mass is 9.95. The average Bonchev–Trinajstić information content (AvgIpc) is 3.15. The van der Waals surface area contributed by atoms with Crippen LogP contribution in [-0.4, -0.2) is 36.5 Å². The molecule has 1 aliphatic heterocycles. The van der Waals surface area contributed by atoms with E-state index in [1.807, 2.05) is 6.07 Å².